The maximum Gasteiger partial charge on any atom is 0.220 e. The Hall–Kier alpha value is -0.650. The molecule has 1 amide bonds. The summed E-state index contributed by atoms with van der Waals surface area (Å²) in [4.78, 5) is 11.3. The van der Waals surface area contributed by atoms with Crippen molar-refractivity contribution < 1.29 is 19.0 Å². The van der Waals surface area contributed by atoms with Crippen LogP contribution < -0.4 is 5.32 Å². The molecule has 15 heavy (non-hydrogen) atoms. The van der Waals surface area contributed by atoms with E-state index in [2.05, 4.69) is 5.32 Å². The molecule has 0 unspecified atom stereocenters. The monoisotopic (exact) mass is 217 g/mol. The van der Waals surface area contributed by atoms with Crippen molar-refractivity contribution in [2.24, 2.45) is 0 Å². The second-order valence-electron chi connectivity index (χ2n) is 3.67. The molecular weight excluding hydrogens is 198 g/mol. The predicted molar refractivity (Wildman–Crippen MR) is 54.4 cm³/mol. The summed E-state index contributed by atoms with van der Waals surface area (Å²) in [5.41, 5.74) is 0. The molecule has 5 heteroatoms. The highest BCUT2D eigenvalue weighted by Crippen LogP contribution is 2.23. The van der Waals surface area contributed by atoms with Gasteiger partial charge in [-0.15, -0.1) is 0 Å². The zero-order valence-corrected chi connectivity index (χ0v) is 9.38. The van der Waals surface area contributed by atoms with E-state index in [1.165, 1.54) is 0 Å². The predicted octanol–water partition coefficient (Wildman–Crippen LogP) is 0.292. The molecule has 1 heterocycles. The van der Waals surface area contributed by atoms with Gasteiger partial charge < -0.3 is 19.5 Å². The van der Waals surface area contributed by atoms with Crippen molar-refractivity contribution in [3.63, 3.8) is 0 Å². The van der Waals surface area contributed by atoms with E-state index in [-0.39, 0.29) is 5.91 Å². The topological polar surface area (TPSA) is 56.8 Å². The Balaban J connectivity index is 2.10. The SMILES string of the molecule is COCCNC(=O)CCC1(C)OCCO1. The van der Waals surface area contributed by atoms with Gasteiger partial charge in [-0.2, -0.15) is 0 Å². The molecule has 0 aromatic carbocycles. The first-order valence-electron chi connectivity index (χ1n) is 5.20. The van der Waals surface area contributed by atoms with Gasteiger partial charge in [-0.1, -0.05) is 0 Å². The molecule has 0 atom stereocenters. The molecule has 0 spiro atoms. The van der Waals surface area contributed by atoms with Gasteiger partial charge in [-0.3, -0.25) is 4.79 Å². The van der Waals surface area contributed by atoms with Crippen LogP contribution in [0.5, 0.6) is 0 Å². The number of methoxy groups -OCH3 is 1. The zero-order chi connectivity index (χ0) is 11.1. The minimum Gasteiger partial charge on any atom is -0.383 e. The largest absolute Gasteiger partial charge is 0.383 e. The number of rotatable bonds is 6. The van der Waals surface area contributed by atoms with E-state index in [0.29, 0.717) is 39.2 Å². The van der Waals surface area contributed by atoms with E-state index in [1.54, 1.807) is 7.11 Å². The molecule has 1 N–H and O–H groups in total. The van der Waals surface area contributed by atoms with Crippen molar-refractivity contribution in [1.29, 1.82) is 0 Å². The highest BCUT2D eigenvalue weighted by atomic mass is 16.7. The third-order valence-electron chi connectivity index (χ3n) is 2.33. The summed E-state index contributed by atoms with van der Waals surface area (Å²) in [6, 6.07) is 0. The number of amides is 1. The molecule has 0 saturated carbocycles. The highest BCUT2D eigenvalue weighted by Gasteiger charge is 2.30. The normalized spacial score (nSPS) is 19.1. The first-order chi connectivity index (χ1) is 7.16. The van der Waals surface area contributed by atoms with Crippen molar-refractivity contribution in [3.05, 3.63) is 0 Å². The van der Waals surface area contributed by atoms with Gasteiger partial charge in [0.15, 0.2) is 5.79 Å². The molecule has 0 bridgehead atoms. The van der Waals surface area contributed by atoms with Crippen LogP contribution in [-0.4, -0.2) is 45.2 Å². The lowest BCUT2D eigenvalue weighted by atomic mass is 10.1. The molecule has 1 rings (SSSR count). The van der Waals surface area contributed by atoms with Crippen LogP contribution in [0.3, 0.4) is 0 Å². The fourth-order valence-corrected chi connectivity index (χ4v) is 1.42. The first-order valence-corrected chi connectivity index (χ1v) is 5.20. The number of hydrogen-bond donors (Lipinski definition) is 1. The Morgan fingerprint density at radius 2 is 2.13 bits per heavy atom. The van der Waals surface area contributed by atoms with E-state index in [0.717, 1.165) is 0 Å². The second kappa shape index (κ2) is 6.05. The van der Waals surface area contributed by atoms with Crippen LogP contribution in [0.4, 0.5) is 0 Å². The van der Waals surface area contributed by atoms with Gasteiger partial charge in [0.05, 0.1) is 19.8 Å². The lowest BCUT2D eigenvalue weighted by Crippen LogP contribution is -2.31. The average Bonchev–Trinajstić information content (AvgIpc) is 2.64. The van der Waals surface area contributed by atoms with Crippen molar-refractivity contribution in [1.82, 2.24) is 5.32 Å². The van der Waals surface area contributed by atoms with Gasteiger partial charge >= 0.3 is 0 Å². The molecule has 1 aliphatic rings. The Bertz CT molecular complexity index is 202. The maximum absolute atomic E-state index is 11.3. The minimum atomic E-state index is -0.571. The third kappa shape index (κ3) is 4.59. The average molecular weight is 217 g/mol. The van der Waals surface area contributed by atoms with E-state index >= 15 is 0 Å². The number of hydrogen-bond acceptors (Lipinski definition) is 4. The van der Waals surface area contributed by atoms with Crippen LogP contribution in [0.1, 0.15) is 19.8 Å². The molecule has 0 aromatic heterocycles. The van der Waals surface area contributed by atoms with Crippen LogP contribution in [0.15, 0.2) is 0 Å². The summed E-state index contributed by atoms with van der Waals surface area (Å²) >= 11 is 0. The smallest absolute Gasteiger partial charge is 0.220 e. The van der Waals surface area contributed by atoms with Crippen molar-refractivity contribution in [2.45, 2.75) is 25.6 Å². The van der Waals surface area contributed by atoms with Crippen molar-refractivity contribution in [2.75, 3.05) is 33.5 Å². The van der Waals surface area contributed by atoms with Crippen molar-refractivity contribution >= 4 is 5.91 Å². The third-order valence-corrected chi connectivity index (χ3v) is 2.33. The molecule has 0 radical (unpaired) electrons. The molecule has 0 aliphatic carbocycles. The molecule has 5 nitrogen and oxygen atoms in total. The molecule has 1 saturated heterocycles. The van der Waals surface area contributed by atoms with E-state index in [9.17, 15) is 4.79 Å². The van der Waals surface area contributed by atoms with Crippen LogP contribution in [0.2, 0.25) is 0 Å². The summed E-state index contributed by atoms with van der Waals surface area (Å²) in [6.07, 6.45) is 1.01. The Kier molecular flexibility index (Phi) is 5.01. The first kappa shape index (κ1) is 12.4. The second-order valence-corrected chi connectivity index (χ2v) is 3.67. The molecule has 1 aliphatic heterocycles. The molecule has 0 aromatic rings. The Labute approximate surface area is 90.1 Å². The van der Waals surface area contributed by atoms with Crippen LogP contribution >= 0.6 is 0 Å². The van der Waals surface area contributed by atoms with Gasteiger partial charge in [0.25, 0.3) is 0 Å². The van der Waals surface area contributed by atoms with Crippen molar-refractivity contribution in [3.8, 4) is 0 Å². The standard InChI is InChI=1S/C10H19NO4/c1-10(14-7-8-15-10)4-3-9(12)11-5-6-13-2/h3-8H2,1-2H3,(H,11,12). The van der Waals surface area contributed by atoms with Gasteiger partial charge in [-0.05, 0) is 6.92 Å². The summed E-state index contributed by atoms with van der Waals surface area (Å²) in [5.74, 6) is -0.564. The number of carbonyl (C=O) groups excluding carboxylic acids is 1. The Morgan fingerprint density at radius 3 is 2.73 bits per heavy atom. The molecule has 1 fully saturated rings. The van der Waals surface area contributed by atoms with Gasteiger partial charge in [0, 0.05) is 26.5 Å². The fraction of sp³-hybridized carbons (Fsp3) is 0.900. The van der Waals surface area contributed by atoms with Crippen LogP contribution in [0, 0.1) is 0 Å². The van der Waals surface area contributed by atoms with Gasteiger partial charge in [0.2, 0.25) is 5.91 Å². The van der Waals surface area contributed by atoms with Crippen LogP contribution in [0.25, 0.3) is 0 Å². The number of carbonyl (C=O) groups is 1. The summed E-state index contributed by atoms with van der Waals surface area (Å²) in [6.45, 7) is 4.18. The molecule has 88 valence electrons. The quantitative estimate of drug-likeness (QED) is 0.650. The Morgan fingerprint density at radius 1 is 1.47 bits per heavy atom. The lowest BCUT2D eigenvalue weighted by molar-refractivity contribution is -0.152. The highest BCUT2D eigenvalue weighted by molar-refractivity contribution is 5.75. The summed E-state index contributed by atoms with van der Waals surface area (Å²) in [5, 5.41) is 2.75. The zero-order valence-electron chi connectivity index (χ0n) is 9.38. The van der Waals surface area contributed by atoms with Gasteiger partial charge in [0.1, 0.15) is 0 Å². The maximum atomic E-state index is 11.3. The van der Waals surface area contributed by atoms with Crippen LogP contribution in [-0.2, 0) is 19.0 Å². The van der Waals surface area contributed by atoms with E-state index in [1.807, 2.05) is 6.92 Å². The minimum absolute atomic E-state index is 0.00683. The summed E-state index contributed by atoms with van der Waals surface area (Å²) < 4.78 is 15.6. The fourth-order valence-electron chi connectivity index (χ4n) is 1.42. The number of ether oxygens (including phenoxy) is 3. The molecular formula is C10H19NO4. The van der Waals surface area contributed by atoms with Gasteiger partial charge in [-0.25, -0.2) is 0 Å². The lowest BCUT2D eigenvalue weighted by Gasteiger charge is -2.21. The summed E-state index contributed by atoms with van der Waals surface area (Å²) in [7, 11) is 1.60. The van der Waals surface area contributed by atoms with E-state index < -0.39 is 5.79 Å². The number of nitrogens with one attached hydrogen (secondary N) is 1. The van der Waals surface area contributed by atoms with E-state index in [4.69, 9.17) is 14.2 Å².